The SMILES string of the molecule is CC(=O)[C@@]1(O)[C@H](C)C[C@@H]2[C@H]3CC=C4C[C@H](OP(=O)(O)O)CC[C@]4(C)[C@@H]3CC[C@@]21C. The van der Waals surface area contributed by atoms with Crippen LogP contribution in [0.5, 0.6) is 0 Å². The van der Waals surface area contributed by atoms with Gasteiger partial charge in [-0.1, -0.05) is 32.4 Å². The molecule has 0 heterocycles. The molecule has 4 aliphatic carbocycles. The van der Waals surface area contributed by atoms with Crippen LogP contribution in [0.15, 0.2) is 11.6 Å². The molecule has 0 aromatic heterocycles. The van der Waals surface area contributed by atoms with Crippen molar-refractivity contribution >= 4 is 13.6 Å². The summed E-state index contributed by atoms with van der Waals surface area (Å²) >= 11 is 0. The maximum absolute atomic E-state index is 12.5. The normalized spacial score (nSPS) is 49.6. The van der Waals surface area contributed by atoms with Crippen LogP contribution >= 0.6 is 7.82 Å². The maximum atomic E-state index is 12.5. The summed E-state index contributed by atoms with van der Waals surface area (Å²) in [6, 6.07) is 0. The van der Waals surface area contributed by atoms with Crippen molar-refractivity contribution < 1.29 is 28.8 Å². The van der Waals surface area contributed by atoms with E-state index >= 15 is 0 Å². The molecule has 8 atom stereocenters. The van der Waals surface area contributed by atoms with Crippen LogP contribution in [0.25, 0.3) is 0 Å². The Balaban J connectivity index is 1.62. The number of hydrogen-bond acceptors (Lipinski definition) is 4. The van der Waals surface area contributed by atoms with Crippen LogP contribution in [0.4, 0.5) is 0 Å². The fraction of sp³-hybridized carbons (Fsp3) is 0.864. The summed E-state index contributed by atoms with van der Waals surface area (Å²) < 4.78 is 16.3. The molecule has 0 amide bonds. The van der Waals surface area contributed by atoms with E-state index in [-0.39, 0.29) is 22.5 Å². The van der Waals surface area contributed by atoms with Crippen molar-refractivity contribution in [1.29, 1.82) is 0 Å². The van der Waals surface area contributed by atoms with E-state index in [1.807, 2.05) is 6.92 Å². The predicted molar refractivity (Wildman–Crippen MR) is 109 cm³/mol. The van der Waals surface area contributed by atoms with Gasteiger partial charge in [-0.25, -0.2) is 4.57 Å². The highest BCUT2D eigenvalue weighted by atomic mass is 31.2. The summed E-state index contributed by atoms with van der Waals surface area (Å²) in [5.74, 6) is 1.13. The fourth-order valence-electron chi connectivity index (χ4n) is 8.00. The Hall–Kier alpha value is -0.520. The van der Waals surface area contributed by atoms with Gasteiger partial charge in [-0.3, -0.25) is 9.32 Å². The zero-order chi connectivity index (χ0) is 21.4. The molecule has 0 aromatic rings. The molecule has 0 aliphatic heterocycles. The molecular formula is C22H35O6P. The molecule has 6 nitrogen and oxygen atoms in total. The van der Waals surface area contributed by atoms with Gasteiger partial charge in [0.2, 0.25) is 0 Å². The number of rotatable bonds is 3. The van der Waals surface area contributed by atoms with Crippen molar-refractivity contribution in [2.45, 2.75) is 84.3 Å². The van der Waals surface area contributed by atoms with Crippen LogP contribution in [-0.4, -0.2) is 32.4 Å². The highest BCUT2D eigenvalue weighted by molar-refractivity contribution is 7.46. The minimum Gasteiger partial charge on any atom is -0.381 e. The summed E-state index contributed by atoms with van der Waals surface area (Å²) in [5, 5.41) is 11.5. The Kier molecular flexibility index (Phi) is 5.04. The van der Waals surface area contributed by atoms with Crippen LogP contribution in [0, 0.1) is 34.5 Å². The number of hydrogen-bond donors (Lipinski definition) is 3. The van der Waals surface area contributed by atoms with Gasteiger partial charge in [-0.05, 0) is 81.0 Å². The molecule has 4 rings (SSSR count). The smallest absolute Gasteiger partial charge is 0.381 e. The Morgan fingerprint density at radius 2 is 1.90 bits per heavy atom. The topological polar surface area (TPSA) is 104 Å². The summed E-state index contributed by atoms with van der Waals surface area (Å²) in [6.07, 6.45) is 7.59. The van der Waals surface area contributed by atoms with E-state index in [1.165, 1.54) is 5.57 Å². The van der Waals surface area contributed by atoms with Crippen LogP contribution in [0.1, 0.15) is 72.6 Å². The van der Waals surface area contributed by atoms with Crippen molar-refractivity contribution in [2.75, 3.05) is 0 Å². The van der Waals surface area contributed by atoms with E-state index in [4.69, 9.17) is 4.52 Å². The summed E-state index contributed by atoms with van der Waals surface area (Å²) in [4.78, 5) is 30.9. The van der Waals surface area contributed by atoms with Crippen molar-refractivity contribution in [3.05, 3.63) is 11.6 Å². The number of fused-ring (bicyclic) bond motifs is 5. The molecule has 3 fully saturated rings. The summed E-state index contributed by atoms with van der Waals surface area (Å²) in [7, 11) is -4.47. The minimum atomic E-state index is -4.47. The molecule has 4 aliphatic rings. The molecule has 0 spiro atoms. The van der Waals surface area contributed by atoms with Gasteiger partial charge in [0, 0.05) is 5.41 Å². The molecule has 0 unspecified atom stereocenters. The molecule has 29 heavy (non-hydrogen) atoms. The minimum absolute atomic E-state index is 0.0131. The molecule has 0 saturated heterocycles. The van der Waals surface area contributed by atoms with E-state index in [9.17, 15) is 24.3 Å². The van der Waals surface area contributed by atoms with Gasteiger partial charge in [0.05, 0.1) is 6.10 Å². The third-order valence-electron chi connectivity index (χ3n) is 9.46. The molecular weight excluding hydrogens is 391 g/mol. The Morgan fingerprint density at radius 1 is 1.21 bits per heavy atom. The highest BCUT2D eigenvalue weighted by Gasteiger charge is 2.67. The molecule has 0 bridgehead atoms. The Morgan fingerprint density at radius 3 is 2.52 bits per heavy atom. The monoisotopic (exact) mass is 426 g/mol. The van der Waals surface area contributed by atoms with Crippen LogP contribution < -0.4 is 0 Å². The van der Waals surface area contributed by atoms with Gasteiger partial charge in [0.1, 0.15) is 5.60 Å². The molecule has 164 valence electrons. The molecule has 0 radical (unpaired) electrons. The van der Waals surface area contributed by atoms with Gasteiger partial charge < -0.3 is 14.9 Å². The van der Waals surface area contributed by atoms with Gasteiger partial charge >= 0.3 is 7.82 Å². The first kappa shape index (κ1) is 21.7. The second-order valence-corrected chi connectivity index (χ2v) is 11.8. The average Bonchev–Trinajstić information content (AvgIpc) is 2.82. The lowest BCUT2D eigenvalue weighted by Gasteiger charge is -2.58. The first-order chi connectivity index (χ1) is 13.3. The summed E-state index contributed by atoms with van der Waals surface area (Å²) in [5.41, 5.74) is -0.316. The maximum Gasteiger partial charge on any atom is 0.469 e. The van der Waals surface area contributed by atoms with Crippen molar-refractivity contribution in [2.24, 2.45) is 34.5 Å². The highest BCUT2D eigenvalue weighted by Crippen LogP contribution is 2.68. The van der Waals surface area contributed by atoms with E-state index in [0.717, 1.165) is 32.1 Å². The number of phosphoric acid groups is 1. The lowest BCUT2D eigenvalue weighted by atomic mass is 9.46. The largest absolute Gasteiger partial charge is 0.469 e. The molecule has 7 heteroatoms. The number of Topliss-reactive ketones (excluding diaryl/α,β-unsaturated/α-hetero) is 1. The van der Waals surface area contributed by atoms with Crippen LogP contribution in [-0.2, 0) is 13.9 Å². The predicted octanol–water partition coefficient (Wildman–Crippen LogP) is 3.99. The Bertz CT molecular complexity index is 788. The van der Waals surface area contributed by atoms with Gasteiger partial charge in [0.15, 0.2) is 5.78 Å². The van der Waals surface area contributed by atoms with Gasteiger partial charge in [-0.2, -0.15) is 0 Å². The van der Waals surface area contributed by atoms with Crippen LogP contribution in [0.3, 0.4) is 0 Å². The van der Waals surface area contributed by atoms with Crippen molar-refractivity contribution in [1.82, 2.24) is 0 Å². The average molecular weight is 426 g/mol. The number of allylic oxidation sites excluding steroid dienone is 1. The lowest BCUT2D eigenvalue weighted by Crippen LogP contribution is -2.58. The zero-order valence-corrected chi connectivity index (χ0v) is 18.8. The van der Waals surface area contributed by atoms with Crippen molar-refractivity contribution in [3.8, 4) is 0 Å². The van der Waals surface area contributed by atoms with Gasteiger partial charge in [-0.15, -0.1) is 0 Å². The molecule has 3 saturated carbocycles. The second kappa shape index (κ2) is 6.74. The third-order valence-corrected chi connectivity index (χ3v) is 10.0. The number of phosphoric ester groups is 1. The molecule has 3 N–H and O–H groups in total. The van der Waals surface area contributed by atoms with E-state index < -0.39 is 19.5 Å². The van der Waals surface area contributed by atoms with Crippen molar-refractivity contribution in [3.63, 3.8) is 0 Å². The standard InChI is InChI=1S/C22H35O6P/c1-13-11-19-17-6-5-15-12-16(28-29(25,26)27)7-9-20(15,3)18(17)8-10-21(19,4)22(13,24)14(2)23/h5,13,16-19,24H,6-12H2,1-4H3,(H2,25,26,27)/t13-,16-,17+,18-,19-,20+,21+,22+/m1/s1. The first-order valence-corrected chi connectivity index (χ1v) is 12.5. The van der Waals surface area contributed by atoms with E-state index in [0.29, 0.717) is 30.6 Å². The van der Waals surface area contributed by atoms with E-state index in [2.05, 4.69) is 19.9 Å². The van der Waals surface area contributed by atoms with Gasteiger partial charge in [0.25, 0.3) is 0 Å². The second-order valence-electron chi connectivity index (χ2n) is 10.6. The number of ketones is 1. The van der Waals surface area contributed by atoms with E-state index in [1.54, 1.807) is 6.92 Å². The number of aliphatic hydroxyl groups is 1. The molecule has 0 aromatic carbocycles. The zero-order valence-electron chi connectivity index (χ0n) is 17.9. The van der Waals surface area contributed by atoms with Crippen LogP contribution in [0.2, 0.25) is 0 Å². The quantitative estimate of drug-likeness (QED) is 0.466. The Labute approximate surface area is 173 Å². The number of carbonyl (C=O) groups is 1. The fourth-order valence-corrected chi connectivity index (χ4v) is 8.57. The summed E-state index contributed by atoms with van der Waals surface area (Å²) in [6.45, 7) is 8.00. The lowest BCUT2D eigenvalue weighted by molar-refractivity contribution is -0.165. The first-order valence-electron chi connectivity index (χ1n) is 11.0. The third kappa shape index (κ3) is 3.05. The number of carbonyl (C=O) groups excluding carboxylic acids is 1.